The Hall–Kier alpha value is -2.74. The lowest BCUT2D eigenvalue weighted by Gasteiger charge is -2.17. The van der Waals surface area contributed by atoms with Crippen molar-refractivity contribution in [2.45, 2.75) is 0 Å². The van der Waals surface area contributed by atoms with Gasteiger partial charge < -0.3 is 21.9 Å². The number of hydrogen-bond donors (Lipinski definition) is 0. The van der Waals surface area contributed by atoms with Gasteiger partial charge in [-0.3, -0.25) is 0 Å². The molecule has 0 unspecified atom stereocenters. The first kappa shape index (κ1) is 33.8. The number of nitrogens with zero attached hydrogens (tertiary/aromatic N) is 2. The van der Waals surface area contributed by atoms with Crippen molar-refractivity contribution in [1.29, 1.82) is 0 Å². The van der Waals surface area contributed by atoms with Crippen LogP contribution in [0.3, 0.4) is 0 Å². The summed E-state index contributed by atoms with van der Waals surface area (Å²) in [5.41, 5.74) is 4.61. The minimum Gasteiger partial charge on any atom is -1.00 e. The minimum absolute atomic E-state index is 0. The van der Waals surface area contributed by atoms with Gasteiger partial charge in [-0.2, -0.15) is 9.97 Å². The standard InChI is InChI=1S/2C13H8Cl2N2O.ClHO4.ClH/c2*1-18-11-5-4-9-13(17-11)12(15)8-3-2-7(14)6-10(8)16-9;2-1(3,4)5;/h2*2-6H,1H3;(H,2,3,4,5);1H. The second kappa shape index (κ2) is 14.2. The summed E-state index contributed by atoms with van der Waals surface area (Å²) in [4.78, 5) is 15.2. The summed E-state index contributed by atoms with van der Waals surface area (Å²) < 4.78 is 44.3. The molecule has 0 aliphatic carbocycles. The number of aromatic amines is 2. The van der Waals surface area contributed by atoms with Crippen molar-refractivity contribution >= 4 is 90.3 Å². The molecule has 0 fully saturated rings. The van der Waals surface area contributed by atoms with E-state index in [4.69, 9.17) is 74.5 Å². The highest BCUT2D eigenvalue weighted by Gasteiger charge is 2.16. The van der Waals surface area contributed by atoms with Gasteiger partial charge in [-0.05, 0) is 48.5 Å². The number of fused-ring (bicyclic) bond motifs is 4. The normalized spacial score (nSPS) is 10.9. The molecular formula is C26H18Cl6N4O6. The molecule has 0 amide bonds. The van der Waals surface area contributed by atoms with Crippen LogP contribution in [0.4, 0.5) is 0 Å². The Kier molecular flexibility index (Phi) is 11.4. The largest absolute Gasteiger partial charge is 1.00 e. The molecule has 2 aromatic carbocycles. The van der Waals surface area contributed by atoms with Gasteiger partial charge in [0, 0.05) is 20.8 Å². The summed E-state index contributed by atoms with van der Waals surface area (Å²) in [6.07, 6.45) is 0. The van der Waals surface area contributed by atoms with Gasteiger partial charge in [0.2, 0.25) is 0 Å². The van der Waals surface area contributed by atoms with E-state index in [1.54, 1.807) is 38.5 Å². The molecule has 6 aromatic rings. The molecule has 0 saturated heterocycles. The lowest BCUT2D eigenvalue weighted by Crippen LogP contribution is -3.00. The first-order chi connectivity index (χ1) is 19.4. The number of aromatic nitrogens is 4. The highest BCUT2D eigenvalue weighted by Crippen LogP contribution is 2.31. The maximum Gasteiger partial charge on any atom is 0.366 e. The van der Waals surface area contributed by atoms with Crippen molar-refractivity contribution < 1.29 is 60.7 Å². The van der Waals surface area contributed by atoms with Gasteiger partial charge in [-0.25, -0.2) is 28.6 Å². The van der Waals surface area contributed by atoms with Gasteiger partial charge in [0.25, 0.3) is 11.0 Å². The fraction of sp³-hybridized carbons (Fsp3) is 0.0769. The van der Waals surface area contributed by atoms with Gasteiger partial charge in [-0.1, -0.05) is 46.4 Å². The topological polar surface area (TPSA) is 165 Å². The van der Waals surface area contributed by atoms with Crippen molar-refractivity contribution in [3.05, 3.63) is 80.8 Å². The summed E-state index contributed by atoms with van der Waals surface area (Å²) in [5, 5.41) is 4.23. The molecule has 0 saturated carbocycles. The van der Waals surface area contributed by atoms with Gasteiger partial charge in [0.05, 0.1) is 37.4 Å². The number of nitrogens with one attached hydrogen (secondary N) is 2. The van der Waals surface area contributed by atoms with Crippen LogP contribution in [-0.2, 0) is 0 Å². The number of benzene rings is 2. The molecule has 220 valence electrons. The van der Waals surface area contributed by atoms with E-state index in [2.05, 4.69) is 19.9 Å². The number of halogens is 6. The van der Waals surface area contributed by atoms with Crippen molar-refractivity contribution in [2.24, 2.45) is 0 Å². The van der Waals surface area contributed by atoms with E-state index in [0.717, 1.165) is 43.9 Å². The average Bonchev–Trinajstić information content (AvgIpc) is 2.92. The zero-order valence-electron chi connectivity index (χ0n) is 21.4. The summed E-state index contributed by atoms with van der Waals surface area (Å²) in [6.45, 7) is 0. The highest BCUT2D eigenvalue weighted by molar-refractivity contribution is 6.40. The van der Waals surface area contributed by atoms with Crippen LogP contribution in [0.5, 0.6) is 11.8 Å². The Morgan fingerprint density at radius 3 is 1.29 bits per heavy atom. The predicted molar refractivity (Wildman–Crippen MR) is 145 cm³/mol. The van der Waals surface area contributed by atoms with Crippen molar-refractivity contribution in [3.63, 3.8) is 0 Å². The monoisotopic (exact) mass is 692 g/mol. The van der Waals surface area contributed by atoms with Gasteiger partial charge in [-0.15, -0.1) is 10.2 Å². The zero-order valence-corrected chi connectivity index (χ0v) is 25.9. The molecule has 42 heavy (non-hydrogen) atoms. The first-order valence-corrected chi connectivity index (χ1v) is 14.0. The predicted octanol–water partition coefficient (Wildman–Crippen LogP) is -0.717. The van der Waals surface area contributed by atoms with Crippen LogP contribution in [0.2, 0.25) is 20.1 Å². The maximum absolute atomic E-state index is 8.49. The molecule has 4 aromatic heterocycles. The molecule has 2 N–H and O–H groups in total. The summed E-state index contributed by atoms with van der Waals surface area (Å²) in [6, 6.07) is 18.2. The molecular weight excluding hydrogens is 677 g/mol. The van der Waals surface area contributed by atoms with E-state index in [-0.39, 0.29) is 12.4 Å². The molecule has 10 nitrogen and oxygen atoms in total. The van der Waals surface area contributed by atoms with Crippen LogP contribution in [0.25, 0.3) is 43.9 Å². The van der Waals surface area contributed by atoms with Gasteiger partial charge in [0.1, 0.15) is 21.1 Å². The molecule has 0 radical (unpaired) electrons. The third-order valence-corrected chi connectivity index (χ3v) is 6.80. The zero-order chi connectivity index (χ0) is 29.9. The van der Waals surface area contributed by atoms with Gasteiger partial charge in [0.15, 0.2) is 0 Å². The SMILES string of the molecule is COc1ccc2nc3cc(Cl)ccc3c(Cl)c2[nH+]1.COc1ccc2nc3cc(Cl)ccc3c(Cl)c2[nH+]1.[Cl-].[O-][Cl+3]([O-])([O-])[O-]. The Morgan fingerprint density at radius 2 is 0.952 bits per heavy atom. The molecule has 6 rings (SSSR count). The second-order valence-corrected chi connectivity index (χ2v) is 10.5. The number of rotatable bonds is 2. The Labute approximate surface area is 266 Å². The van der Waals surface area contributed by atoms with E-state index in [1.165, 1.54) is 0 Å². The molecule has 16 heteroatoms. The average molecular weight is 695 g/mol. The number of pyridine rings is 4. The van der Waals surface area contributed by atoms with Crippen LogP contribution >= 0.6 is 46.4 Å². The number of hydrogen-bond acceptors (Lipinski definition) is 8. The minimum atomic E-state index is -4.94. The van der Waals surface area contributed by atoms with Crippen molar-refractivity contribution in [2.75, 3.05) is 14.2 Å². The third kappa shape index (κ3) is 8.21. The first-order valence-electron chi connectivity index (χ1n) is 11.3. The lowest BCUT2D eigenvalue weighted by molar-refractivity contribution is -2.00. The van der Waals surface area contributed by atoms with Crippen LogP contribution in [0.15, 0.2) is 60.7 Å². The smallest absolute Gasteiger partial charge is 0.366 e. The van der Waals surface area contributed by atoms with E-state index in [1.807, 2.05) is 36.4 Å². The van der Waals surface area contributed by atoms with Crippen LogP contribution < -0.4 is 50.5 Å². The fourth-order valence-corrected chi connectivity index (χ4v) is 4.73. The summed E-state index contributed by atoms with van der Waals surface area (Å²) in [5.74, 6) is 1.28. The molecule has 0 spiro atoms. The Balaban J connectivity index is 0.000000195. The maximum atomic E-state index is 8.49. The number of ether oxygens (including phenoxy) is 2. The van der Waals surface area contributed by atoms with Crippen LogP contribution in [0, 0.1) is 10.2 Å². The van der Waals surface area contributed by atoms with E-state index >= 15 is 0 Å². The molecule has 4 heterocycles. The fourth-order valence-electron chi connectivity index (χ4n) is 3.79. The number of methoxy groups -OCH3 is 2. The van der Waals surface area contributed by atoms with Crippen molar-refractivity contribution in [3.8, 4) is 11.8 Å². The Bertz CT molecular complexity index is 1750. The molecule has 0 aliphatic heterocycles. The van der Waals surface area contributed by atoms with Crippen molar-refractivity contribution in [1.82, 2.24) is 9.97 Å². The van der Waals surface area contributed by atoms with Gasteiger partial charge >= 0.3 is 11.8 Å². The second-order valence-electron chi connectivity index (χ2n) is 8.13. The summed E-state index contributed by atoms with van der Waals surface area (Å²) >= 11 is 24.7. The van der Waals surface area contributed by atoms with Crippen LogP contribution in [-0.4, -0.2) is 24.2 Å². The highest BCUT2D eigenvalue weighted by atomic mass is 35.7. The number of H-pyrrole nitrogens is 2. The Morgan fingerprint density at radius 1 is 0.595 bits per heavy atom. The summed E-state index contributed by atoms with van der Waals surface area (Å²) in [7, 11) is -1.75. The molecule has 0 atom stereocenters. The third-order valence-electron chi connectivity index (χ3n) is 5.55. The van der Waals surface area contributed by atoms with E-state index in [9.17, 15) is 0 Å². The van der Waals surface area contributed by atoms with E-state index in [0.29, 0.717) is 31.9 Å². The van der Waals surface area contributed by atoms with Crippen LogP contribution in [0.1, 0.15) is 0 Å². The molecule has 0 bridgehead atoms. The molecule has 0 aliphatic rings. The van der Waals surface area contributed by atoms with E-state index < -0.39 is 10.2 Å². The lowest BCUT2D eigenvalue weighted by atomic mass is 10.2. The quantitative estimate of drug-likeness (QED) is 0.215.